The number of benzene rings is 2. The molecular weight excluding hydrogens is 398 g/mol. The third kappa shape index (κ3) is 5.03. The van der Waals surface area contributed by atoms with Gasteiger partial charge in [0.25, 0.3) is 0 Å². The van der Waals surface area contributed by atoms with Gasteiger partial charge in [0.2, 0.25) is 0 Å². The lowest BCUT2D eigenvalue weighted by Crippen LogP contribution is -2.27. The average Bonchev–Trinajstić information content (AvgIpc) is 2.65. The van der Waals surface area contributed by atoms with Gasteiger partial charge < -0.3 is 9.47 Å². The van der Waals surface area contributed by atoms with Crippen LogP contribution < -0.4 is 0 Å². The molecule has 3 rings (SSSR count). The number of alkyl halides is 3. The third-order valence-corrected chi connectivity index (χ3v) is 4.64. The molecule has 0 radical (unpaired) electrons. The van der Waals surface area contributed by atoms with Crippen LogP contribution in [0.2, 0.25) is 0 Å². The van der Waals surface area contributed by atoms with Gasteiger partial charge in [-0.2, -0.15) is 13.2 Å². The fourth-order valence-electron chi connectivity index (χ4n) is 3.21. The van der Waals surface area contributed by atoms with E-state index in [0.29, 0.717) is 13.2 Å². The Morgan fingerprint density at radius 3 is 2.34 bits per heavy atom. The van der Waals surface area contributed by atoms with Gasteiger partial charge >= 0.3 is 6.18 Å². The summed E-state index contributed by atoms with van der Waals surface area (Å²) >= 11 is 0. The Morgan fingerprint density at radius 1 is 1.03 bits per heavy atom. The van der Waals surface area contributed by atoms with E-state index in [1.54, 1.807) is 0 Å². The first-order chi connectivity index (χ1) is 13.7. The molecule has 2 aromatic rings. The van der Waals surface area contributed by atoms with Gasteiger partial charge in [0, 0.05) is 17.4 Å². The maximum absolute atomic E-state index is 14.5. The maximum atomic E-state index is 14.5. The molecule has 2 nitrogen and oxygen atoms in total. The molecule has 8 heteroatoms. The van der Waals surface area contributed by atoms with E-state index in [4.69, 9.17) is 9.47 Å². The van der Waals surface area contributed by atoms with Gasteiger partial charge in [0.15, 0.2) is 12.1 Å². The van der Waals surface area contributed by atoms with E-state index in [2.05, 4.69) is 6.92 Å². The zero-order valence-corrected chi connectivity index (χ0v) is 15.5. The Balaban J connectivity index is 1.91. The molecule has 2 aromatic carbocycles. The molecule has 0 atom stereocenters. The molecule has 1 aliphatic rings. The minimum Gasteiger partial charge on any atom is -0.348 e. The SMILES string of the molecule is CCCCC1COC(c2cc(F)c3c(F)c(C#CC(F)(F)F)c(F)cc3c2)OC1. The molecule has 0 bridgehead atoms. The van der Waals surface area contributed by atoms with Crippen LogP contribution in [0.15, 0.2) is 18.2 Å². The van der Waals surface area contributed by atoms with E-state index < -0.39 is 40.9 Å². The summed E-state index contributed by atoms with van der Waals surface area (Å²) in [4.78, 5) is 0. The van der Waals surface area contributed by atoms with Crippen molar-refractivity contribution in [3.05, 3.63) is 46.8 Å². The highest BCUT2D eigenvalue weighted by molar-refractivity contribution is 5.86. The van der Waals surface area contributed by atoms with Gasteiger partial charge in [-0.1, -0.05) is 25.7 Å². The van der Waals surface area contributed by atoms with Crippen LogP contribution >= 0.6 is 0 Å². The van der Waals surface area contributed by atoms with Crippen LogP contribution in [0.25, 0.3) is 10.8 Å². The number of unbranched alkanes of at least 4 members (excludes halogenated alkanes) is 1. The smallest absolute Gasteiger partial charge is 0.348 e. The first-order valence-corrected chi connectivity index (χ1v) is 9.14. The molecule has 0 unspecified atom stereocenters. The predicted molar refractivity (Wildman–Crippen MR) is 94.4 cm³/mol. The second kappa shape index (κ2) is 8.64. The first kappa shape index (κ1) is 21.5. The number of rotatable bonds is 4. The second-order valence-corrected chi connectivity index (χ2v) is 6.90. The maximum Gasteiger partial charge on any atom is 0.458 e. The second-order valence-electron chi connectivity index (χ2n) is 6.90. The Labute approximate surface area is 163 Å². The van der Waals surface area contributed by atoms with E-state index in [9.17, 15) is 26.3 Å². The largest absolute Gasteiger partial charge is 0.458 e. The van der Waals surface area contributed by atoms with Crippen molar-refractivity contribution in [1.29, 1.82) is 0 Å². The van der Waals surface area contributed by atoms with Crippen molar-refractivity contribution >= 4 is 10.8 Å². The molecule has 0 saturated carbocycles. The molecule has 1 aliphatic heterocycles. The fourth-order valence-corrected chi connectivity index (χ4v) is 3.21. The van der Waals surface area contributed by atoms with Crippen LogP contribution in [-0.2, 0) is 9.47 Å². The van der Waals surface area contributed by atoms with E-state index in [1.807, 2.05) is 0 Å². The number of hydrogen-bond acceptors (Lipinski definition) is 2. The minimum atomic E-state index is -4.93. The summed E-state index contributed by atoms with van der Waals surface area (Å²) in [5.74, 6) is -1.44. The Morgan fingerprint density at radius 2 is 1.72 bits per heavy atom. The summed E-state index contributed by atoms with van der Waals surface area (Å²) in [6, 6.07) is 3.02. The van der Waals surface area contributed by atoms with Crippen molar-refractivity contribution in [2.75, 3.05) is 13.2 Å². The molecule has 0 aliphatic carbocycles. The molecule has 1 heterocycles. The Bertz CT molecular complexity index is 950. The lowest BCUT2D eigenvalue weighted by molar-refractivity contribution is -0.206. The standard InChI is InChI=1S/C21H18F6O2/c1-2-3-4-12-10-28-20(29-11-12)14-7-13-8-16(22)15(5-6-21(25,26)27)19(24)18(13)17(23)9-14/h7-9,12,20H,2-4,10-11H2,1H3. The van der Waals surface area contributed by atoms with Crippen LogP contribution in [0, 0.1) is 35.2 Å². The summed E-state index contributed by atoms with van der Waals surface area (Å²) in [7, 11) is 0. The van der Waals surface area contributed by atoms with Crippen molar-refractivity contribution in [3.63, 3.8) is 0 Å². The number of halogens is 6. The Hall–Kier alpha value is -2.24. The molecule has 156 valence electrons. The highest BCUT2D eigenvalue weighted by Gasteiger charge is 2.26. The minimum absolute atomic E-state index is 0.159. The fraction of sp³-hybridized carbons (Fsp3) is 0.429. The van der Waals surface area contributed by atoms with E-state index in [0.717, 1.165) is 37.3 Å². The lowest BCUT2D eigenvalue weighted by Gasteiger charge is -2.29. The number of ether oxygens (including phenoxy) is 2. The molecule has 0 spiro atoms. The van der Waals surface area contributed by atoms with Gasteiger partial charge in [0.05, 0.1) is 24.2 Å². The lowest BCUT2D eigenvalue weighted by atomic mass is 10.0. The topological polar surface area (TPSA) is 18.5 Å². The molecule has 0 amide bonds. The highest BCUT2D eigenvalue weighted by atomic mass is 19.4. The predicted octanol–water partition coefficient (Wildman–Crippen LogP) is 6.02. The third-order valence-electron chi connectivity index (χ3n) is 4.64. The zero-order chi connectivity index (χ0) is 21.2. The number of fused-ring (bicyclic) bond motifs is 1. The van der Waals surface area contributed by atoms with E-state index in [-0.39, 0.29) is 16.9 Å². The molecular formula is C21H18F6O2. The van der Waals surface area contributed by atoms with E-state index >= 15 is 0 Å². The summed E-state index contributed by atoms with van der Waals surface area (Å²) in [6.45, 7) is 2.90. The van der Waals surface area contributed by atoms with Crippen molar-refractivity contribution in [3.8, 4) is 11.8 Å². The van der Waals surface area contributed by atoms with Crippen LogP contribution in [0.4, 0.5) is 26.3 Å². The van der Waals surface area contributed by atoms with E-state index in [1.165, 1.54) is 12.0 Å². The first-order valence-electron chi connectivity index (χ1n) is 9.14. The van der Waals surface area contributed by atoms with Crippen molar-refractivity contribution < 1.29 is 35.8 Å². The zero-order valence-electron chi connectivity index (χ0n) is 15.5. The Kier molecular flexibility index (Phi) is 6.39. The van der Waals surface area contributed by atoms with Crippen molar-refractivity contribution in [1.82, 2.24) is 0 Å². The molecule has 0 N–H and O–H groups in total. The van der Waals surface area contributed by atoms with Gasteiger partial charge in [-0.25, -0.2) is 13.2 Å². The van der Waals surface area contributed by atoms with Gasteiger partial charge in [0.1, 0.15) is 11.6 Å². The molecule has 0 aromatic heterocycles. The van der Waals surface area contributed by atoms with Crippen molar-refractivity contribution in [2.24, 2.45) is 5.92 Å². The number of hydrogen-bond donors (Lipinski definition) is 0. The summed E-state index contributed by atoms with van der Waals surface area (Å²) < 4.78 is 91.1. The normalized spacial score (nSPS) is 19.8. The highest BCUT2D eigenvalue weighted by Crippen LogP contribution is 2.33. The van der Waals surface area contributed by atoms with Crippen molar-refractivity contribution in [2.45, 2.75) is 38.7 Å². The van der Waals surface area contributed by atoms with Crippen LogP contribution in [0.3, 0.4) is 0 Å². The van der Waals surface area contributed by atoms with Gasteiger partial charge in [-0.3, -0.25) is 0 Å². The summed E-state index contributed by atoms with van der Waals surface area (Å²) in [5.41, 5.74) is -0.901. The molecule has 1 fully saturated rings. The van der Waals surface area contributed by atoms with Crippen LogP contribution in [-0.4, -0.2) is 19.4 Å². The average molecular weight is 416 g/mol. The monoisotopic (exact) mass is 416 g/mol. The molecule has 1 saturated heterocycles. The van der Waals surface area contributed by atoms with Crippen LogP contribution in [0.5, 0.6) is 0 Å². The summed E-state index contributed by atoms with van der Waals surface area (Å²) in [5, 5.41) is -0.800. The quantitative estimate of drug-likeness (QED) is 0.448. The summed E-state index contributed by atoms with van der Waals surface area (Å²) in [6.07, 6.45) is -2.80. The van der Waals surface area contributed by atoms with Gasteiger partial charge in [-0.05, 0) is 30.0 Å². The van der Waals surface area contributed by atoms with Crippen LogP contribution in [0.1, 0.15) is 43.6 Å². The van der Waals surface area contributed by atoms with Gasteiger partial charge in [-0.15, -0.1) is 0 Å². The molecule has 29 heavy (non-hydrogen) atoms.